The van der Waals surface area contributed by atoms with E-state index in [9.17, 15) is 4.79 Å². The van der Waals surface area contributed by atoms with Crippen LogP contribution in [0.5, 0.6) is 0 Å². The zero-order valence-corrected chi connectivity index (χ0v) is 12.6. The normalized spacial score (nSPS) is 16.6. The van der Waals surface area contributed by atoms with E-state index in [1.165, 1.54) is 0 Å². The fourth-order valence-corrected chi connectivity index (χ4v) is 2.30. The standard InChI is InChI=1S/C19H22O/c1-6-9-12-17-14(4)16(11-8-3)15(5)18(19(17)20)13-10-7-2/h6-7,9-13H,1-2,8H2,3-5H3/b12-9-,13-10-. The molecule has 1 aliphatic rings. The third-order valence-corrected chi connectivity index (χ3v) is 3.31. The van der Waals surface area contributed by atoms with Gasteiger partial charge in [-0.1, -0.05) is 62.6 Å². The molecule has 0 aromatic heterocycles. The molecule has 0 saturated carbocycles. The molecule has 1 nitrogen and oxygen atoms in total. The molecule has 20 heavy (non-hydrogen) atoms. The summed E-state index contributed by atoms with van der Waals surface area (Å²) in [7, 11) is 0. The Morgan fingerprint density at radius 1 is 0.950 bits per heavy atom. The van der Waals surface area contributed by atoms with E-state index < -0.39 is 0 Å². The van der Waals surface area contributed by atoms with E-state index in [0.717, 1.165) is 34.3 Å². The first-order valence-corrected chi connectivity index (χ1v) is 6.84. The van der Waals surface area contributed by atoms with Crippen LogP contribution in [0.4, 0.5) is 0 Å². The molecule has 1 heteroatoms. The molecule has 1 aliphatic carbocycles. The predicted molar refractivity (Wildman–Crippen MR) is 87.5 cm³/mol. The van der Waals surface area contributed by atoms with E-state index in [1.54, 1.807) is 24.3 Å². The topological polar surface area (TPSA) is 17.1 Å². The van der Waals surface area contributed by atoms with Crippen LogP contribution in [0.1, 0.15) is 27.2 Å². The molecule has 0 aromatic carbocycles. The van der Waals surface area contributed by atoms with Gasteiger partial charge in [0.1, 0.15) is 0 Å². The second-order valence-electron chi connectivity index (χ2n) is 4.62. The lowest BCUT2D eigenvalue weighted by Gasteiger charge is -2.21. The van der Waals surface area contributed by atoms with Crippen molar-refractivity contribution in [2.75, 3.05) is 0 Å². The Kier molecular flexibility index (Phi) is 5.92. The average Bonchev–Trinajstić information content (AvgIpc) is 2.43. The van der Waals surface area contributed by atoms with E-state index >= 15 is 0 Å². The first kappa shape index (κ1) is 15.9. The summed E-state index contributed by atoms with van der Waals surface area (Å²) >= 11 is 0. The van der Waals surface area contributed by atoms with Crippen molar-refractivity contribution in [1.29, 1.82) is 0 Å². The minimum absolute atomic E-state index is 0.0597. The molecule has 0 bridgehead atoms. The van der Waals surface area contributed by atoms with Crippen LogP contribution >= 0.6 is 0 Å². The van der Waals surface area contributed by atoms with E-state index in [1.807, 2.05) is 26.0 Å². The number of allylic oxidation sites excluding steroid dienone is 12. The molecule has 0 radical (unpaired) electrons. The summed E-state index contributed by atoms with van der Waals surface area (Å²) in [6, 6.07) is 0. The molecule has 0 amide bonds. The second kappa shape index (κ2) is 7.44. The van der Waals surface area contributed by atoms with Crippen molar-refractivity contribution in [1.82, 2.24) is 0 Å². The van der Waals surface area contributed by atoms with Crippen molar-refractivity contribution in [3.05, 3.63) is 83.6 Å². The quantitative estimate of drug-likeness (QED) is 0.638. The number of Topliss-reactive ketones (excluding diaryl/α,β-unsaturated/α-hetero) is 1. The first-order valence-electron chi connectivity index (χ1n) is 6.84. The van der Waals surface area contributed by atoms with Gasteiger partial charge in [-0.05, 0) is 37.0 Å². The second-order valence-corrected chi connectivity index (χ2v) is 4.62. The lowest BCUT2D eigenvalue weighted by atomic mass is 9.81. The summed E-state index contributed by atoms with van der Waals surface area (Å²) in [5.74, 6) is 0.0597. The molecule has 0 spiro atoms. The molecule has 0 aromatic rings. The number of rotatable bonds is 5. The molecular formula is C19H22O. The van der Waals surface area contributed by atoms with Gasteiger partial charge in [0.25, 0.3) is 0 Å². The smallest absolute Gasteiger partial charge is 0.193 e. The Morgan fingerprint density at radius 2 is 1.40 bits per heavy atom. The number of hydrogen-bond acceptors (Lipinski definition) is 1. The fourth-order valence-electron chi connectivity index (χ4n) is 2.30. The Balaban J connectivity index is 3.48. The van der Waals surface area contributed by atoms with Crippen LogP contribution in [0.2, 0.25) is 0 Å². The maximum absolute atomic E-state index is 12.6. The fraction of sp³-hybridized carbons (Fsp3) is 0.211. The highest BCUT2D eigenvalue weighted by atomic mass is 16.1. The van der Waals surface area contributed by atoms with Crippen LogP contribution in [0.25, 0.3) is 0 Å². The van der Waals surface area contributed by atoms with Gasteiger partial charge in [0.15, 0.2) is 5.78 Å². The van der Waals surface area contributed by atoms with Gasteiger partial charge in [-0.2, -0.15) is 0 Å². The largest absolute Gasteiger partial charge is 0.289 e. The van der Waals surface area contributed by atoms with E-state index in [-0.39, 0.29) is 5.78 Å². The van der Waals surface area contributed by atoms with E-state index in [0.29, 0.717) is 0 Å². The van der Waals surface area contributed by atoms with Gasteiger partial charge >= 0.3 is 0 Å². The van der Waals surface area contributed by atoms with Crippen LogP contribution in [-0.4, -0.2) is 5.78 Å². The summed E-state index contributed by atoms with van der Waals surface area (Å²) in [5, 5.41) is 0. The van der Waals surface area contributed by atoms with Gasteiger partial charge in [-0.25, -0.2) is 0 Å². The number of ketones is 1. The van der Waals surface area contributed by atoms with Gasteiger partial charge < -0.3 is 0 Å². The SMILES string of the molecule is C=C/C=C\C1=C(C)C(=CCC)C(C)=C(/C=C\C=C)C1=O. The zero-order valence-electron chi connectivity index (χ0n) is 12.6. The number of carbonyl (C=O) groups is 1. The van der Waals surface area contributed by atoms with Gasteiger partial charge in [0, 0.05) is 11.1 Å². The molecule has 0 saturated heterocycles. The zero-order chi connectivity index (χ0) is 15.1. The van der Waals surface area contributed by atoms with Crippen molar-refractivity contribution in [2.24, 2.45) is 0 Å². The molecular weight excluding hydrogens is 244 g/mol. The van der Waals surface area contributed by atoms with Gasteiger partial charge in [-0.3, -0.25) is 4.79 Å². The maximum atomic E-state index is 12.6. The molecule has 1 rings (SSSR count). The molecule has 0 unspecified atom stereocenters. The van der Waals surface area contributed by atoms with E-state index in [2.05, 4.69) is 26.2 Å². The third kappa shape index (κ3) is 3.24. The number of hydrogen-bond donors (Lipinski definition) is 0. The van der Waals surface area contributed by atoms with Crippen molar-refractivity contribution in [3.8, 4) is 0 Å². The Hall–Kier alpha value is -2.15. The molecule has 0 aliphatic heterocycles. The van der Waals surface area contributed by atoms with Crippen LogP contribution < -0.4 is 0 Å². The average molecular weight is 266 g/mol. The summed E-state index contributed by atoms with van der Waals surface area (Å²) in [6.45, 7) is 13.4. The van der Waals surface area contributed by atoms with Crippen LogP contribution in [-0.2, 0) is 4.79 Å². The lowest BCUT2D eigenvalue weighted by molar-refractivity contribution is -0.111. The van der Waals surface area contributed by atoms with Crippen molar-refractivity contribution in [3.63, 3.8) is 0 Å². The van der Waals surface area contributed by atoms with Crippen LogP contribution in [0, 0.1) is 0 Å². The minimum atomic E-state index is 0.0597. The Labute approximate surface area is 122 Å². The highest BCUT2D eigenvalue weighted by molar-refractivity contribution is 6.15. The van der Waals surface area contributed by atoms with E-state index in [4.69, 9.17) is 0 Å². The van der Waals surface area contributed by atoms with Crippen molar-refractivity contribution < 1.29 is 4.79 Å². The summed E-state index contributed by atoms with van der Waals surface area (Å²) < 4.78 is 0. The number of carbonyl (C=O) groups excluding carboxylic acids is 1. The van der Waals surface area contributed by atoms with Crippen molar-refractivity contribution >= 4 is 5.78 Å². The predicted octanol–water partition coefficient (Wildman–Crippen LogP) is 5.02. The summed E-state index contributed by atoms with van der Waals surface area (Å²) in [4.78, 5) is 12.6. The van der Waals surface area contributed by atoms with Crippen LogP contribution in [0.15, 0.2) is 83.6 Å². The molecule has 0 atom stereocenters. The van der Waals surface area contributed by atoms with Gasteiger partial charge in [-0.15, -0.1) is 0 Å². The molecule has 104 valence electrons. The van der Waals surface area contributed by atoms with Gasteiger partial charge in [0.2, 0.25) is 0 Å². The summed E-state index contributed by atoms with van der Waals surface area (Å²) in [5.41, 5.74) is 4.68. The molecule has 0 fully saturated rings. The van der Waals surface area contributed by atoms with Gasteiger partial charge in [0.05, 0.1) is 0 Å². The highest BCUT2D eigenvalue weighted by Crippen LogP contribution is 2.33. The third-order valence-electron chi connectivity index (χ3n) is 3.31. The molecule has 0 N–H and O–H groups in total. The maximum Gasteiger partial charge on any atom is 0.193 e. The monoisotopic (exact) mass is 266 g/mol. The van der Waals surface area contributed by atoms with Crippen molar-refractivity contribution in [2.45, 2.75) is 27.2 Å². The summed E-state index contributed by atoms with van der Waals surface area (Å²) in [6.07, 6.45) is 13.7. The lowest BCUT2D eigenvalue weighted by Crippen LogP contribution is -2.15. The Morgan fingerprint density at radius 3 is 1.75 bits per heavy atom. The first-order chi connectivity index (χ1) is 9.58. The Bertz CT molecular complexity index is 529. The molecule has 0 heterocycles. The highest BCUT2D eigenvalue weighted by Gasteiger charge is 2.24. The van der Waals surface area contributed by atoms with Crippen LogP contribution in [0.3, 0.4) is 0 Å². The minimum Gasteiger partial charge on any atom is -0.289 e.